The molecule has 0 radical (unpaired) electrons. The van der Waals surface area contributed by atoms with Crippen molar-refractivity contribution in [3.8, 4) is 0 Å². The number of amides is 1. The van der Waals surface area contributed by atoms with Gasteiger partial charge in [0.05, 0.1) is 21.8 Å². The number of hydrogen-bond donors (Lipinski definition) is 1. The number of nitrogens with zero attached hydrogens (tertiary/aromatic N) is 1. The van der Waals surface area contributed by atoms with E-state index in [0.29, 0.717) is 28.1 Å². The number of carbonyl (C=O) groups is 2. The van der Waals surface area contributed by atoms with E-state index in [1.54, 1.807) is 6.07 Å². The highest BCUT2D eigenvalue weighted by atomic mass is 35.5. The number of aryl methyl sites for hydroxylation is 3. The Morgan fingerprint density at radius 1 is 1.14 bits per heavy atom. The van der Waals surface area contributed by atoms with Crippen molar-refractivity contribution in [3.63, 3.8) is 0 Å². The molecule has 150 valence electrons. The Hall–Kier alpha value is -2.92. The molecule has 0 aliphatic rings. The number of para-hydroxylation sites is 1. The smallest absolute Gasteiger partial charge is 0.339 e. The van der Waals surface area contributed by atoms with Crippen LogP contribution in [0, 0.1) is 20.8 Å². The third kappa shape index (κ3) is 4.40. The highest BCUT2D eigenvalue weighted by Crippen LogP contribution is 2.27. The summed E-state index contributed by atoms with van der Waals surface area (Å²) in [6, 6.07) is 11.1. The van der Waals surface area contributed by atoms with Crippen molar-refractivity contribution in [3.05, 3.63) is 69.4 Å². The highest BCUT2D eigenvalue weighted by Gasteiger charge is 2.20. The number of benzene rings is 2. The summed E-state index contributed by atoms with van der Waals surface area (Å²) in [7, 11) is 0. The van der Waals surface area contributed by atoms with Gasteiger partial charge < -0.3 is 10.1 Å². The van der Waals surface area contributed by atoms with Gasteiger partial charge in [-0.05, 0) is 56.0 Å². The normalized spacial score (nSPS) is 10.8. The Kier molecular flexibility index (Phi) is 6.18. The molecule has 0 fully saturated rings. The average molecular weight is 411 g/mol. The number of halogens is 1. The van der Waals surface area contributed by atoms with Gasteiger partial charge in [-0.1, -0.05) is 42.8 Å². The van der Waals surface area contributed by atoms with Crippen LogP contribution in [0.15, 0.2) is 36.4 Å². The van der Waals surface area contributed by atoms with E-state index in [1.165, 1.54) is 0 Å². The molecule has 0 aliphatic heterocycles. The minimum atomic E-state index is -0.544. The molecule has 3 rings (SSSR count). The first-order valence-electron chi connectivity index (χ1n) is 9.43. The van der Waals surface area contributed by atoms with Crippen LogP contribution in [-0.2, 0) is 16.0 Å². The van der Waals surface area contributed by atoms with Crippen LogP contribution < -0.4 is 5.32 Å². The first-order chi connectivity index (χ1) is 13.8. The maximum Gasteiger partial charge on any atom is 0.339 e. The molecule has 1 amide bonds. The predicted molar refractivity (Wildman–Crippen MR) is 116 cm³/mol. The lowest BCUT2D eigenvalue weighted by Gasteiger charge is -2.14. The quantitative estimate of drug-likeness (QED) is 0.589. The highest BCUT2D eigenvalue weighted by molar-refractivity contribution is 6.34. The van der Waals surface area contributed by atoms with Gasteiger partial charge in [0.2, 0.25) is 0 Å². The van der Waals surface area contributed by atoms with Crippen LogP contribution in [0.5, 0.6) is 0 Å². The van der Waals surface area contributed by atoms with E-state index in [4.69, 9.17) is 16.3 Å². The molecule has 1 aromatic heterocycles. The lowest BCUT2D eigenvalue weighted by molar-refractivity contribution is -0.119. The SMILES string of the molecule is CCc1nc2ccccc2c(C(=O)OCC(=O)Nc2c(C)cc(C)cc2Cl)c1C. The van der Waals surface area contributed by atoms with Gasteiger partial charge in [0.15, 0.2) is 6.61 Å². The molecule has 0 spiro atoms. The Bertz CT molecular complexity index is 1090. The summed E-state index contributed by atoms with van der Waals surface area (Å²) in [5, 5.41) is 3.89. The van der Waals surface area contributed by atoms with Gasteiger partial charge in [-0.15, -0.1) is 0 Å². The van der Waals surface area contributed by atoms with Gasteiger partial charge in [-0.2, -0.15) is 0 Å². The second-order valence-corrected chi connectivity index (χ2v) is 7.40. The monoisotopic (exact) mass is 410 g/mol. The lowest BCUT2D eigenvalue weighted by atomic mass is 10.0. The fraction of sp³-hybridized carbons (Fsp3) is 0.261. The van der Waals surface area contributed by atoms with Gasteiger partial charge in [-0.25, -0.2) is 4.79 Å². The largest absolute Gasteiger partial charge is 0.452 e. The van der Waals surface area contributed by atoms with Gasteiger partial charge in [-0.3, -0.25) is 9.78 Å². The van der Waals surface area contributed by atoms with Crippen LogP contribution in [0.1, 0.15) is 39.7 Å². The first kappa shape index (κ1) is 20.8. The van der Waals surface area contributed by atoms with Crippen molar-refractivity contribution >= 4 is 40.1 Å². The maximum atomic E-state index is 12.8. The molecule has 0 unspecified atom stereocenters. The Morgan fingerprint density at radius 3 is 2.55 bits per heavy atom. The van der Waals surface area contributed by atoms with Crippen LogP contribution in [0.25, 0.3) is 10.9 Å². The molecule has 29 heavy (non-hydrogen) atoms. The molecule has 0 bridgehead atoms. The van der Waals surface area contributed by atoms with Crippen LogP contribution in [0.2, 0.25) is 5.02 Å². The standard InChI is InChI=1S/C23H23ClN2O3/c1-5-18-15(4)21(16-8-6-7-9-19(16)25-18)23(28)29-12-20(27)26-22-14(3)10-13(2)11-17(22)24/h6-11H,5,12H2,1-4H3,(H,26,27). The summed E-state index contributed by atoms with van der Waals surface area (Å²) in [5.74, 6) is -0.989. The van der Waals surface area contributed by atoms with Gasteiger partial charge >= 0.3 is 5.97 Å². The number of pyridine rings is 1. The van der Waals surface area contributed by atoms with Crippen LogP contribution in [0.3, 0.4) is 0 Å². The number of aromatic nitrogens is 1. The van der Waals surface area contributed by atoms with E-state index in [0.717, 1.165) is 27.9 Å². The number of rotatable bonds is 5. The predicted octanol–water partition coefficient (Wildman–Crippen LogP) is 5.17. The van der Waals surface area contributed by atoms with E-state index in [2.05, 4.69) is 10.3 Å². The third-order valence-electron chi connectivity index (χ3n) is 4.81. The molecule has 0 saturated carbocycles. The molecule has 0 saturated heterocycles. The fourth-order valence-corrected chi connectivity index (χ4v) is 3.79. The molecule has 0 atom stereocenters. The van der Waals surface area contributed by atoms with Crippen molar-refractivity contribution < 1.29 is 14.3 Å². The third-order valence-corrected chi connectivity index (χ3v) is 5.10. The minimum Gasteiger partial charge on any atom is -0.452 e. The maximum absolute atomic E-state index is 12.8. The van der Waals surface area contributed by atoms with Crippen LogP contribution in [0.4, 0.5) is 5.69 Å². The summed E-state index contributed by atoms with van der Waals surface area (Å²) in [4.78, 5) is 29.8. The molecular weight excluding hydrogens is 388 g/mol. The van der Waals surface area contributed by atoms with E-state index in [-0.39, 0.29) is 0 Å². The van der Waals surface area contributed by atoms with Gasteiger partial charge in [0, 0.05) is 11.1 Å². The second kappa shape index (κ2) is 8.62. The summed E-state index contributed by atoms with van der Waals surface area (Å²) in [6.45, 7) is 7.22. The Labute approximate surface area is 175 Å². The zero-order chi connectivity index (χ0) is 21.1. The molecule has 1 heterocycles. The summed E-state index contributed by atoms with van der Waals surface area (Å²) < 4.78 is 5.33. The van der Waals surface area contributed by atoms with Crippen molar-refractivity contribution in [2.24, 2.45) is 0 Å². The number of fused-ring (bicyclic) bond motifs is 1. The molecule has 2 aromatic carbocycles. The van der Waals surface area contributed by atoms with E-state index in [1.807, 2.05) is 58.0 Å². The minimum absolute atomic E-state index is 0.403. The number of carbonyl (C=O) groups excluding carboxylic acids is 2. The topological polar surface area (TPSA) is 68.3 Å². The summed E-state index contributed by atoms with van der Waals surface area (Å²) in [5.41, 5.74) is 5.16. The molecule has 5 nitrogen and oxygen atoms in total. The fourth-order valence-electron chi connectivity index (χ4n) is 3.42. The molecule has 3 aromatic rings. The zero-order valence-corrected chi connectivity index (χ0v) is 17.7. The number of esters is 1. The Morgan fingerprint density at radius 2 is 1.86 bits per heavy atom. The zero-order valence-electron chi connectivity index (χ0n) is 16.9. The second-order valence-electron chi connectivity index (χ2n) is 6.99. The number of ether oxygens (including phenoxy) is 1. The van der Waals surface area contributed by atoms with Crippen molar-refractivity contribution in [1.29, 1.82) is 0 Å². The summed E-state index contributed by atoms with van der Waals surface area (Å²) in [6.07, 6.45) is 0.697. The van der Waals surface area contributed by atoms with Crippen LogP contribution in [-0.4, -0.2) is 23.5 Å². The summed E-state index contributed by atoms with van der Waals surface area (Å²) >= 11 is 6.23. The number of hydrogen-bond acceptors (Lipinski definition) is 4. The van der Waals surface area contributed by atoms with Gasteiger partial charge in [0.25, 0.3) is 5.91 Å². The van der Waals surface area contributed by atoms with Crippen molar-refractivity contribution in [2.75, 3.05) is 11.9 Å². The van der Waals surface area contributed by atoms with E-state index >= 15 is 0 Å². The first-order valence-corrected chi connectivity index (χ1v) is 9.81. The van der Waals surface area contributed by atoms with Crippen molar-refractivity contribution in [2.45, 2.75) is 34.1 Å². The number of nitrogens with one attached hydrogen (secondary N) is 1. The molecular formula is C23H23ClN2O3. The molecule has 1 N–H and O–H groups in total. The van der Waals surface area contributed by atoms with E-state index in [9.17, 15) is 9.59 Å². The molecule has 6 heteroatoms. The average Bonchev–Trinajstić information content (AvgIpc) is 2.68. The molecule has 0 aliphatic carbocycles. The van der Waals surface area contributed by atoms with Gasteiger partial charge in [0.1, 0.15) is 0 Å². The Balaban J connectivity index is 1.80. The number of anilines is 1. The van der Waals surface area contributed by atoms with Crippen molar-refractivity contribution in [1.82, 2.24) is 4.98 Å². The van der Waals surface area contributed by atoms with Crippen LogP contribution >= 0.6 is 11.6 Å². The lowest BCUT2D eigenvalue weighted by Crippen LogP contribution is -2.22. The van der Waals surface area contributed by atoms with E-state index < -0.39 is 18.5 Å².